The topological polar surface area (TPSA) is 54.2 Å². The summed E-state index contributed by atoms with van der Waals surface area (Å²) in [7, 11) is 1.92. The number of hydrogen-bond donors (Lipinski definition) is 1. The second-order valence-electron chi connectivity index (χ2n) is 7.41. The Morgan fingerprint density at radius 3 is 2.54 bits per heavy atom. The number of benzene rings is 1. The van der Waals surface area contributed by atoms with Gasteiger partial charge < -0.3 is 5.11 Å². The number of aliphatic hydroxyl groups is 1. The highest BCUT2D eigenvalue weighted by atomic mass is 16.3. The van der Waals surface area contributed by atoms with E-state index in [4.69, 9.17) is 0 Å². The predicted octanol–water partition coefficient (Wildman–Crippen LogP) is 3.44. The van der Waals surface area contributed by atoms with Gasteiger partial charge >= 0.3 is 0 Å². The average molecular weight is 352 g/mol. The molecule has 0 aliphatic rings. The molecule has 1 unspecified atom stereocenters. The van der Waals surface area contributed by atoms with Crippen LogP contribution >= 0.6 is 0 Å². The highest BCUT2D eigenvalue weighted by molar-refractivity contribution is 5.78. The molecule has 0 aliphatic carbocycles. The van der Waals surface area contributed by atoms with Gasteiger partial charge in [0.15, 0.2) is 5.65 Å². The van der Waals surface area contributed by atoms with Gasteiger partial charge in [0.05, 0.1) is 11.3 Å². The number of fused-ring (bicyclic) bond motifs is 1. The van der Waals surface area contributed by atoms with Crippen molar-refractivity contribution in [3.63, 3.8) is 0 Å². The molecule has 1 atom stereocenters. The van der Waals surface area contributed by atoms with Crippen LogP contribution in [0.5, 0.6) is 0 Å². The number of hydrogen-bond acceptors (Lipinski definition) is 4. The molecule has 0 bridgehead atoms. The monoisotopic (exact) mass is 352 g/mol. The zero-order valence-corrected chi connectivity index (χ0v) is 16.1. The highest BCUT2D eigenvalue weighted by Gasteiger charge is 2.22. The lowest BCUT2D eigenvalue weighted by Gasteiger charge is -2.31. The standard InChI is InChI=1S/C21H28N4O/c1-5-21(3,26)15-25(13-17-9-7-6-8-10-17)14-18-11-19-16(2)23-24(4)20(19)22-12-18/h6-12,26H,5,13-15H2,1-4H3. The molecule has 1 aromatic carbocycles. The van der Waals surface area contributed by atoms with Crippen molar-refractivity contribution in [2.24, 2.45) is 7.05 Å². The van der Waals surface area contributed by atoms with E-state index < -0.39 is 5.60 Å². The number of nitrogens with zero attached hydrogens (tertiary/aromatic N) is 4. The Balaban J connectivity index is 1.85. The summed E-state index contributed by atoms with van der Waals surface area (Å²) in [6, 6.07) is 12.6. The molecular formula is C21H28N4O. The number of rotatable bonds is 7. The molecule has 0 amide bonds. The SMILES string of the molecule is CCC(C)(O)CN(Cc1ccccc1)Cc1cnc2c(c1)c(C)nn2C. The molecule has 0 saturated carbocycles. The third-order valence-electron chi connectivity index (χ3n) is 4.90. The number of aromatic nitrogens is 3. The first-order chi connectivity index (χ1) is 12.4. The molecule has 26 heavy (non-hydrogen) atoms. The molecule has 3 rings (SSSR count). The van der Waals surface area contributed by atoms with Gasteiger partial charge in [-0.3, -0.25) is 9.58 Å². The van der Waals surface area contributed by atoms with Crippen molar-refractivity contribution in [3.8, 4) is 0 Å². The molecular weight excluding hydrogens is 324 g/mol. The zero-order chi connectivity index (χ0) is 18.7. The molecule has 0 saturated heterocycles. The molecule has 0 fully saturated rings. The molecule has 5 nitrogen and oxygen atoms in total. The minimum Gasteiger partial charge on any atom is -0.389 e. The van der Waals surface area contributed by atoms with Crippen LogP contribution < -0.4 is 0 Å². The van der Waals surface area contributed by atoms with E-state index in [1.807, 2.05) is 44.8 Å². The van der Waals surface area contributed by atoms with E-state index in [-0.39, 0.29) is 0 Å². The molecule has 3 aromatic rings. The molecule has 1 N–H and O–H groups in total. The van der Waals surface area contributed by atoms with Gasteiger partial charge in [0.25, 0.3) is 0 Å². The first-order valence-electron chi connectivity index (χ1n) is 9.15. The molecule has 0 aliphatic heterocycles. The third kappa shape index (κ3) is 4.29. The fourth-order valence-corrected chi connectivity index (χ4v) is 3.30. The zero-order valence-electron chi connectivity index (χ0n) is 16.1. The van der Waals surface area contributed by atoms with Crippen molar-refractivity contribution in [2.45, 2.75) is 45.9 Å². The third-order valence-corrected chi connectivity index (χ3v) is 4.90. The van der Waals surface area contributed by atoms with E-state index in [0.29, 0.717) is 6.54 Å². The second kappa shape index (κ2) is 7.56. The lowest BCUT2D eigenvalue weighted by atomic mass is 10.0. The lowest BCUT2D eigenvalue weighted by Crippen LogP contribution is -2.39. The highest BCUT2D eigenvalue weighted by Crippen LogP contribution is 2.20. The van der Waals surface area contributed by atoms with Crippen LogP contribution in [0.2, 0.25) is 0 Å². The predicted molar refractivity (Wildman–Crippen MR) is 105 cm³/mol. The van der Waals surface area contributed by atoms with Gasteiger partial charge in [-0.1, -0.05) is 37.3 Å². The smallest absolute Gasteiger partial charge is 0.157 e. The molecule has 0 spiro atoms. The van der Waals surface area contributed by atoms with Crippen LogP contribution in [0, 0.1) is 6.92 Å². The summed E-state index contributed by atoms with van der Waals surface area (Å²) in [6.07, 6.45) is 2.64. The summed E-state index contributed by atoms with van der Waals surface area (Å²) in [5.41, 5.74) is 3.56. The maximum Gasteiger partial charge on any atom is 0.157 e. The van der Waals surface area contributed by atoms with E-state index in [9.17, 15) is 5.11 Å². The van der Waals surface area contributed by atoms with Gasteiger partial charge in [-0.25, -0.2) is 4.98 Å². The first kappa shape index (κ1) is 18.5. The van der Waals surface area contributed by atoms with E-state index in [1.165, 1.54) is 5.56 Å². The van der Waals surface area contributed by atoms with Crippen LogP contribution in [0.3, 0.4) is 0 Å². The number of pyridine rings is 1. The van der Waals surface area contributed by atoms with Crippen LogP contribution in [0.15, 0.2) is 42.6 Å². The maximum atomic E-state index is 10.6. The van der Waals surface area contributed by atoms with Gasteiger partial charge in [-0.05, 0) is 37.5 Å². The van der Waals surface area contributed by atoms with Gasteiger partial charge in [-0.2, -0.15) is 5.10 Å². The van der Waals surface area contributed by atoms with Crippen LogP contribution in [-0.2, 0) is 20.1 Å². The van der Waals surface area contributed by atoms with Gasteiger partial charge in [0.2, 0.25) is 0 Å². The van der Waals surface area contributed by atoms with Crippen molar-refractivity contribution < 1.29 is 5.11 Å². The molecule has 138 valence electrons. The van der Waals surface area contributed by atoms with Crippen molar-refractivity contribution in [1.29, 1.82) is 0 Å². The Kier molecular flexibility index (Phi) is 5.39. The van der Waals surface area contributed by atoms with Crippen LogP contribution in [0.25, 0.3) is 11.0 Å². The molecule has 5 heteroatoms. The average Bonchev–Trinajstić information content (AvgIpc) is 2.89. The van der Waals surface area contributed by atoms with Crippen molar-refractivity contribution in [2.75, 3.05) is 6.54 Å². The molecule has 2 heterocycles. The minimum absolute atomic E-state index is 0.614. The van der Waals surface area contributed by atoms with Crippen LogP contribution in [0.1, 0.15) is 37.1 Å². The first-order valence-corrected chi connectivity index (χ1v) is 9.15. The van der Waals surface area contributed by atoms with Gasteiger partial charge in [-0.15, -0.1) is 0 Å². The van der Waals surface area contributed by atoms with Crippen LogP contribution in [0.4, 0.5) is 0 Å². The molecule has 0 radical (unpaired) electrons. The lowest BCUT2D eigenvalue weighted by molar-refractivity contribution is 0.0113. The Morgan fingerprint density at radius 1 is 1.15 bits per heavy atom. The molecule has 2 aromatic heterocycles. The Bertz CT molecular complexity index is 870. The van der Waals surface area contributed by atoms with Gasteiger partial charge in [0.1, 0.15) is 0 Å². The van der Waals surface area contributed by atoms with Gasteiger partial charge in [0, 0.05) is 38.3 Å². The van der Waals surface area contributed by atoms with Crippen molar-refractivity contribution in [1.82, 2.24) is 19.7 Å². The Hall–Kier alpha value is -2.24. The fraction of sp³-hybridized carbons (Fsp3) is 0.429. The maximum absolute atomic E-state index is 10.6. The van der Waals surface area contributed by atoms with Crippen molar-refractivity contribution in [3.05, 3.63) is 59.4 Å². The van der Waals surface area contributed by atoms with E-state index in [0.717, 1.165) is 41.8 Å². The number of aryl methyl sites for hydroxylation is 2. The summed E-state index contributed by atoms with van der Waals surface area (Å²) in [5, 5.41) is 16.1. The van der Waals surface area contributed by atoms with E-state index >= 15 is 0 Å². The largest absolute Gasteiger partial charge is 0.389 e. The summed E-state index contributed by atoms with van der Waals surface area (Å²) in [6.45, 7) is 8.08. The Morgan fingerprint density at radius 2 is 1.85 bits per heavy atom. The van der Waals surface area contributed by atoms with E-state index in [1.54, 1.807) is 0 Å². The summed E-state index contributed by atoms with van der Waals surface area (Å²) >= 11 is 0. The summed E-state index contributed by atoms with van der Waals surface area (Å²) < 4.78 is 1.82. The fourth-order valence-electron chi connectivity index (χ4n) is 3.30. The normalized spacial score (nSPS) is 14.1. The quantitative estimate of drug-likeness (QED) is 0.708. The van der Waals surface area contributed by atoms with Crippen molar-refractivity contribution >= 4 is 11.0 Å². The summed E-state index contributed by atoms with van der Waals surface area (Å²) in [5.74, 6) is 0. The Labute approximate surface area is 155 Å². The summed E-state index contributed by atoms with van der Waals surface area (Å²) in [4.78, 5) is 6.87. The minimum atomic E-state index is -0.712. The second-order valence-corrected chi connectivity index (χ2v) is 7.41. The van der Waals surface area contributed by atoms with E-state index in [2.05, 4.69) is 45.3 Å². The van der Waals surface area contributed by atoms with Crippen LogP contribution in [-0.4, -0.2) is 36.9 Å².